The topological polar surface area (TPSA) is 106 Å². The van der Waals surface area contributed by atoms with Crippen molar-refractivity contribution >= 4 is 28.5 Å². The lowest BCUT2D eigenvalue weighted by Gasteiger charge is -2.17. The molecule has 0 unspecified atom stereocenters. The lowest BCUT2D eigenvalue weighted by molar-refractivity contribution is -0.0483. The number of anilines is 1. The second-order valence-corrected chi connectivity index (χ2v) is 6.49. The molecule has 0 amide bonds. The molecule has 8 heteroatoms. The van der Waals surface area contributed by atoms with Crippen molar-refractivity contribution in [1.82, 2.24) is 14.5 Å². The predicted molar refractivity (Wildman–Crippen MR) is 94.0 cm³/mol. The molecule has 7 nitrogen and oxygen atoms in total. The van der Waals surface area contributed by atoms with Gasteiger partial charge in [-0.1, -0.05) is 23.7 Å². The number of nitrogens with two attached hydrogens (primary N) is 1. The van der Waals surface area contributed by atoms with Crippen molar-refractivity contribution in [1.29, 1.82) is 0 Å². The Kier molecular flexibility index (Phi) is 4.09. The van der Waals surface area contributed by atoms with Gasteiger partial charge >= 0.3 is 0 Å². The third-order valence-electron chi connectivity index (χ3n) is 4.44. The zero-order valence-corrected chi connectivity index (χ0v) is 14.0. The smallest absolute Gasteiger partial charge is 0.161 e. The second-order valence-electron chi connectivity index (χ2n) is 6.05. The van der Waals surface area contributed by atoms with Crippen LogP contribution >= 0.6 is 11.6 Å². The Labute approximate surface area is 148 Å². The molecule has 4 N–H and O–H groups in total. The highest BCUT2D eigenvalue weighted by Crippen LogP contribution is 2.38. The first-order valence-corrected chi connectivity index (χ1v) is 8.27. The molecule has 1 saturated heterocycles. The van der Waals surface area contributed by atoms with Gasteiger partial charge in [0.15, 0.2) is 6.23 Å². The molecule has 4 rings (SSSR count). The summed E-state index contributed by atoms with van der Waals surface area (Å²) in [7, 11) is 0. The molecule has 130 valence electrons. The first-order valence-electron chi connectivity index (χ1n) is 7.90. The number of rotatable bonds is 3. The molecule has 3 atom stereocenters. The second kappa shape index (κ2) is 6.27. The highest BCUT2D eigenvalue weighted by molar-refractivity contribution is 6.30. The number of ether oxygens (including phenoxy) is 1. The molecule has 2 aromatic heterocycles. The van der Waals surface area contributed by atoms with Gasteiger partial charge in [-0.25, -0.2) is 9.97 Å². The molecule has 1 fully saturated rings. The van der Waals surface area contributed by atoms with Crippen LogP contribution in [0, 0.1) is 0 Å². The van der Waals surface area contributed by atoms with Crippen LogP contribution in [0.15, 0.2) is 36.8 Å². The number of halogens is 1. The van der Waals surface area contributed by atoms with Crippen molar-refractivity contribution < 1.29 is 14.9 Å². The summed E-state index contributed by atoms with van der Waals surface area (Å²) >= 11 is 5.98. The lowest BCUT2D eigenvalue weighted by atomic mass is 10.1. The molecule has 3 aromatic rings. The third kappa shape index (κ3) is 2.75. The number of benzene rings is 1. The molecule has 0 spiro atoms. The van der Waals surface area contributed by atoms with Crippen LogP contribution in [0.4, 0.5) is 5.82 Å². The fourth-order valence-electron chi connectivity index (χ4n) is 3.25. The minimum Gasteiger partial charge on any atom is -0.394 e. The summed E-state index contributed by atoms with van der Waals surface area (Å²) < 4.78 is 7.51. The Bertz CT molecular complexity index is 912. The monoisotopic (exact) mass is 360 g/mol. The maximum absolute atomic E-state index is 10.3. The summed E-state index contributed by atoms with van der Waals surface area (Å²) in [6, 6.07) is 7.36. The van der Waals surface area contributed by atoms with Gasteiger partial charge in [0.2, 0.25) is 0 Å². The molecule has 0 saturated carbocycles. The summed E-state index contributed by atoms with van der Waals surface area (Å²) in [6.07, 6.45) is 1.78. The maximum Gasteiger partial charge on any atom is 0.161 e. The Balaban J connectivity index is 1.89. The van der Waals surface area contributed by atoms with Crippen molar-refractivity contribution in [2.24, 2.45) is 0 Å². The summed E-state index contributed by atoms with van der Waals surface area (Å²) in [4.78, 5) is 8.41. The molecule has 1 aromatic carbocycles. The molecular weight excluding hydrogens is 344 g/mol. The average molecular weight is 361 g/mol. The highest BCUT2D eigenvalue weighted by atomic mass is 35.5. The number of aliphatic hydroxyl groups excluding tert-OH is 2. The van der Waals surface area contributed by atoms with Crippen LogP contribution < -0.4 is 5.73 Å². The van der Waals surface area contributed by atoms with Crippen molar-refractivity contribution in [3.05, 3.63) is 41.8 Å². The van der Waals surface area contributed by atoms with Crippen molar-refractivity contribution in [3.8, 4) is 11.1 Å². The van der Waals surface area contributed by atoms with E-state index in [4.69, 9.17) is 22.1 Å². The largest absolute Gasteiger partial charge is 0.394 e. The molecule has 25 heavy (non-hydrogen) atoms. The van der Waals surface area contributed by atoms with E-state index in [1.54, 1.807) is 16.7 Å². The summed E-state index contributed by atoms with van der Waals surface area (Å²) in [5, 5.41) is 21.0. The minimum atomic E-state index is -0.748. The van der Waals surface area contributed by atoms with Gasteiger partial charge in [0, 0.05) is 23.2 Å². The number of aromatic nitrogens is 3. The van der Waals surface area contributed by atoms with Crippen molar-refractivity contribution in [2.75, 3.05) is 12.3 Å². The standard InChI is InChI=1S/C17H17ClN4O3/c18-10-3-1-9(2-4-10)12-6-22(16-14(12)15(19)20-8-21-16)17-13(24)5-11(7-23)25-17/h1-4,6,8,11,13,17,23-24H,5,7H2,(H2,19,20,21)/t11-,13+,17+/m0/s1. The van der Waals surface area contributed by atoms with E-state index in [1.165, 1.54) is 6.33 Å². The van der Waals surface area contributed by atoms with Gasteiger partial charge in [0.1, 0.15) is 23.9 Å². The summed E-state index contributed by atoms with van der Waals surface area (Å²) in [5.41, 5.74) is 8.39. The van der Waals surface area contributed by atoms with E-state index in [2.05, 4.69) is 9.97 Å². The van der Waals surface area contributed by atoms with Gasteiger partial charge in [-0.15, -0.1) is 0 Å². The zero-order valence-electron chi connectivity index (χ0n) is 13.2. The predicted octanol–water partition coefficient (Wildman–Crippen LogP) is 1.97. The number of nitrogens with zero attached hydrogens (tertiary/aromatic N) is 3. The number of nitrogen functional groups attached to an aromatic ring is 1. The Morgan fingerprint density at radius 3 is 2.72 bits per heavy atom. The van der Waals surface area contributed by atoms with Crippen LogP contribution in [0.5, 0.6) is 0 Å². The highest BCUT2D eigenvalue weighted by Gasteiger charge is 2.36. The van der Waals surface area contributed by atoms with E-state index < -0.39 is 18.4 Å². The van der Waals surface area contributed by atoms with E-state index in [0.717, 1.165) is 11.1 Å². The Morgan fingerprint density at radius 2 is 2.04 bits per heavy atom. The maximum atomic E-state index is 10.3. The Morgan fingerprint density at radius 1 is 1.28 bits per heavy atom. The molecule has 0 radical (unpaired) electrons. The molecule has 1 aliphatic heterocycles. The van der Waals surface area contributed by atoms with Crippen LogP contribution in [0.3, 0.4) is 0 Å². The minimum absolute atomic E-state index is 0.145. The van der Waals surface area contributed by atoms with Gasteiger partial charge in [0.25, 0.3) is 0 Å². The van der Waals surface area contributed by atoms with E-state index >= 15 is 0 Å². The normalized spacial score (nSPS) is 23.4. The molecule has 3 heterocycles. The third-order valence-corrected chi connectivity index (χ3v) is 4.69. The van der Waals surface area contributed by atoms with E-state index in [-0.39, 0.29) is 6.61 Å². The van der Waals surface area contributed by atoms with Gasteiger partial charge < -0.3 is 25.3 Å². The van der Waals surface area contributed by atoms with E-state index in [1.807, 2.05) is 18.3 Å². The summed E-state index contributed by atoms with van der Waals surface area (Å²) in [5.74, 6) is 0.347. The molecular formula is C17H17ClN4O3. The zero-order chi connectivity index (χ0) is 17.6. The number of aliphatic hydroxyl groups is 2. The quantitative estimate of drug-likeness (QED) is 0.659. The number of hydrogen-bond acceptors (Lipinski definition) is 6. The van der Waals surface area contributed by atoms with Crippen LogP contribution in [-0.4, -0.2) is 43.6 Å². The van der Waals surface area contributed by atoms with Gasteiger partial charge in [-0.05, 0) is 17.7 Å². The fourth-order valence-corrected chi connectivity index (χ4v) is 3.37. The van der Waals surface area contributed by atoms with Gasteiger partial charge in [-0.2, -0.15) is 0 Å². The van der Waals surface area contributed by atoms with E-state index in [0.29, 0.717) is 28.3 Å². The van der Waals surface area contributed by atoms with Crippen LogP contribution in [0.25, 0.3) is 22.2 Å². The molecule has 1 aliphatic rings. The fraction of sp³-hybridized carbons (Fsp3) is 0.294. The Hall–Kier alpha value is -2.19. The lowest BCUT2D eigenvalue weighted by Crippen LogP contribution is -2.19. The number of fused-ring (bicyclic) bond motifs is 1. The van der Waals surface area contributed by atoms with Crippen LogP contribution in [-0.2, 0) is 4.74 Å². The van der Waals surface area contributed by atoms with Crippen LogP contribution in [0.2, 0.25) is 5.02 Å². The van der Waals surface area contributed by atoms with Crippen LogP contribution in [0.1, 0.15) is 12.6 Å². The molecule has 0 aliphatic carbocycles. The van der Waals surface area contributed by atoms with Crippen molar-refractivity contribution in [2.45, 2.75) is 24.9 Å². The first-order chi connectivity index (χ1) is 12.1. The van der Waals surface area contributed by atoms with Gasteiger partial charge in [-0.3, -0.25) is 0 Å². The first kappa shape index (κ1) is 16.3. The number of hydrogen-bond donors (Lipinski definition) is 3. The average Bonchev–Trinajstić information content (AvgIpc) is 3.17. The SMILES string of the molecule is Nc1ncnc2c1c(-c1ccc(Cl)cc1)cn2[C@@H]1O[C@H](CO)C[C@H]1O. The van der Waals surface area contributed by atoms with E-state index in [9.17, 15) is 10.2 Å². The van der Waals surface area contributed by atoms with Crippen molar-refractivity contribution in [3.63, 3.8) is 0 Å². The molecule has 0 bridgehead atoms. The van der Waals surface area contributed by atoms with Gasteiger partial charge in [0.05, 0.1) is 18.1 Å². The summed E-state index contributed by atoms with van der Waals surface area (Å²) in [6.45, 7) is -0.145.